The van der Waals surface area contributed by atoms with Crippen molar-refractivity contribution in [1.29, 1.82) is 0 Å². The fourth-order valence-electron chi connectivity index (χ4n) is 2.48. The van der Waals surface area contributed by atoms with Crippen LogP contribution in [0.5, 0.6) is 5.75 Å². The lowest BCUT2D eigenvalue weighted by molar-refractivity contribution is -0.122. The monoisotopic (exact) mass is 454 g/mol. The summed E-state index contributed by atoms with van der Waals surface area (Å²) in [6.07, 6.45) is -0.714. The molecule has 146 valence electrons. The Morgan fingerprint density at radius 3 is 2.11 bits per heavy atom. The fraction of sp³-hybridized carbons (Fsp3) is 0.316. The molecular formula is C19H23BrN2O4S. The molecule has 0 saturated carbocycles. The number of sulfonamides is 1. The highest BCUT2D eigenvalue weighted by molar-refractivity contribution is 9.10. The lowest BCUT2D eigenvalue weighted by Gasteiger charge is -2.18. The van der Waals surface area contributed by atoms with E-state index in [1.54, 1.807) is 19.1 Å². The number of hydrogen-bond acceptors (Lipinski definition) is 4. The molecular weight excluding hydrogens is 432 g/mol. The van der Waals surface area contributed by atoms with Crippen molar-refractivity contribution in [2.45, 2.75) is 31.8 Å². The average molecular weight is 455 g/mol. The van der Waals surface area contributed by atoms with E-state index < -0.39 is 16.1 Å². The minimum absolute atomic E-state index is 0.163. The summed E-state index contributed by atoms with van der Waals surface area (Å²) in [5, 5.41) is 2.74. The lowest BCUT2D eigenvalue weighted by Crippen LogP contribution is -2.30. The molecule has 0 bridgehead atoms. The Morgan fingerprint density at radius 2 is 1.63 bits per heavy atom. The first kappa shape index (κ1) is 21.4. The van der Waals surface area contributed by atoms with E-state index in [0.29, 0.717) is 11.4 Å². The van der Waals surface area contributed by atoms with Crippen molar-refractivity contribution in [1.82, 2.24) is 4.31 Å². The van der Waals surface area contributed by atoms with Crippen LogP contribution in [0.15, 0.2) is 45.8 Å². The number of carbonyl (C=O) groups is 1. The van der Waals surface area contributed by atoms with Crippen LogP contribution < -0.4 is 10.1 Å². The Morgan fingerprint density at radius 1 is 1.11 bits per heavy atom. The summed E-state index contributed by atoms with van der Waals surface area (Å²) in [6.45, 7) is 5.50. The number of hydrogen-bond donors (Lipinski definition) is 1. The maximum atomic E-state index is 12.4. The third-order valence-electron chi connectivity index (χ3n) is 3.99. The van der Waals surface area contributed by atoms with E-state index in [4.69, 9.17) is 4.74 Å². The molecule has 1 unspecified atom stereocenters. The zero-order valence-electron chi connectivity index (χ0n) is 15.9. The normalized spacial score (nSPS) is 12.7. The van der Waals surface area contributed by atoms with Gasteiger partial charge in [-0.05, 0) is 68.3 Å². The Hall–Kier alpha value is -1.90. The van der Waals surface area contributed by atoms with Gasteiger partial charge in [0.05, 0.1) is 4.90 Å². The number of halogens is 1. The molecule has 0 saturated heterocycles. The van der Waals surface area contributed by atoms with Crippen LogP contribution in [0.25, 0.3) is 0 Å². The number of anilines is 1. The number of nitrogens with zero attached hydrogens (tertiary/aromatic N) is 1. The van der Waals surface area contributed by atoms with Crippen molar-refractivity contribution >= 4 is 37.5 Å². The molecule has 1 N–H and O–H groups in total. The number of nitrogens with one attached hydrogen (secondary N) is 1. The van der Waals surface area contributed by atoms with E-state index >= 15 is 0 Å². The SMILES string of the molecule is Cc1cc(Br)cc(C)c1OC(C)C(=O)Nc1ccc(S(=O)(=O)N(C)C)cc1. The summed E-state index contributed by atoms with van der Waals surface area (Å²) in [4.78, 5) is 12.6. The van der Waals surface area contributed by atoms with Gasteiger partial charge in [0.1, 0.15) is 5.75 Å². The van der Waals surface area contributed by atoms with Crippen LogP contribution in [-0.2, 0) is 14.8 Å². The van der Waals surface area contributed by atoms with Crippen LogP contribution in [0.4, 0.5) is 5.69 Å². The standard InChI is InChI=1S/C19H23BrN2O4S/c1-12-10-15(20)11-13(2)18(12)26-14(3)19(23)21-16-6-8-17(9-7-16)27(24,25)22(4)5/h6-11,14H,1-5H3,(H,21,23). The van der Waals surface area contributed by atoms with Gasteiger partial charge in [-0.2, -0.15) is 0 Å². The topological polar surface area (TPSA) is 75.7 Å². The van der Waals surface area contributed by atoms with E-state index in [-0.39, 0.29) is 10.8 Å². The zero-order chi connectivity index (χ0) is 20.4. The predicted octanol–water partition coefficient (Wildman–Crippen LogP) is 3.72. The van der Waals surface area contributed by atoms with Crippen molar-refractivity contribution in [2.75, 3.05) is 19.4 Å². The van der Waals surface area contributed by atoms with E-state index in [1.807, 2.05) is 26.0 Å². The molecule has 0 aromatic heterocycles. The highest BCUT2D eigenvalue weighted by Gasteiger charge is 2.19. The van der Waals surface area contributed by atoms with E-state index in [9.17, 15) is 13.2 Å². The van der Waals surface area contributed by atoms with Crippen molar-refractivity contribution in [3.05, 3.63) is 52.0 Å². The molecule has 0 aliphatic rings. The van der Waals surface area contributed by atoms with Gasteiger partial charge in [-0.25, -0.2) is 12.7 Å². The summed E-state index contributed by atoms with van der Waals surface area (Å²) in [7, 11) is -0.563. The Balaban J connectivity index is 2.09. The van der Waals surface area contributed by atoms with Gasteiger partial charge in [0.2, 0.25) is 10.0 Å². The molecule has 2 rings (SSSR count). The van der Waals surface area contributed by atoms with E-state index in [2.05, 4.69) is 21.2 Å². The molecule has 1 atom stereocenters. The lowest BCUT2D eigenvalue weighted by atomic mass is 10.1. The molecule has 0 fully saturated rings. The number of amides is 1. The van der Waals surface area contributed by atoms with E-state index in [0.717, 1.165) is 19.9 Å². The maximum absolute atomic E-state index is 12.4. The van der Waals surface area contributed by atoms with Crippen LogP contribution in [0.3, 0.4) is 0 Å². The molecule has 27 heavy (non-hydrogen) atoms. The number of benzene rings is 2. The molecule has 0 aliphatic carbocycles. The highest BCUT2D eigenvalue weighted by atomic mass is 79.9. The van der Waals surface area contributed by atoms with Gasteiger partial charge in [0.15, 0.2) is 6.10 Å². The first-order chi connectivity index (χ1) is 12.5. The van der Waals surface area contributed by atoms with Gasteiger partial charge >= 0.3 is 0 Å². The third kappa shape index (κ3) is 5.09. The molecule has 0 heterocycles. The second-order valence-corrected chi connectivity index (χ2v) is 9.50. The van der Waals surface area contributed by atoms with Gasteiger partial charge in [0, 0.05) is 24.3 Å². The second kappa shape index (κ2) is 8.41. The first-order valence-corrected chi connectivity index (χ1v) is 10.5. The van der Waals surface area contributed by atoms with Crippen LogP contribution in [-0.4, -0.2) is 38.8 Å². The van der Waals surface area contributed by atoms with Gasteiger partial charge in [0.25, 0.3) is 5.91 Å². The largest absolute Gasteiger partial charge is 0.480 e. The Labute approximate surface area is 168 Å². The smallest absolute Gasteiger partial charge is 0.265 e. The van der Waals surface area contributed by atoms with Gasteiger partial charge in [-0.1, -0.05) is 15.9 Å². The minimum Gasteiger partial charge on any atom is -0.480 e. The molecule has 0 aliphatic heterocycles. The molecule has 1 amide bonds. The predicted molar refractivity (Wildman–Crippen MR) is 110 cm³/mol. The molecule has 0 spiro atoms. The quantitative estimate of drug-likeness (QED) is 0.721. The minimum atomic E-state index is -3.50. The third-order valence-corrected chi connectivity index (χ3v) is 6.28. The number of aryl methyl sites for hydroxylation is 2. The maximum Gasteiger partial charge on any atom is 0.265 e. The molecule has 6 nitrogen and oxygen atoms in total. The summed E-state index contributed by atoms with van der Waals surface area (Å²) < 4.78 is 32.1. The van der Waals surface area contributed by atoms with Crippen LogP contribution in [0.1, 0.15) is 18.1 Å². The Kier molecular flexibility index (Phi) is 6.67. The fourth-order valence-corrected chi connectivity index (χ4v) is 4.07. The van der Waals surface area contributed by atoms with Crippen molar-refractivity contribution < 1.29 is 17.9 Å². The first-order valence-electron chi connectivity index (χ1n) is 8.29. The second-order valence-electron chi connectivity index (χ2n) is 6.43. The molecule has 2 aromatic rings. The van der Waals surface area contributed by atoms with Gasteiger partial charge in [-0.15, -0.1) is 0 Å². The molecule has 0 radical (unpaired) electrons. The van der Waals surface area contributed by atoms with Crippen molar-refractivity contribution in [3.8, 4) is 5.75 Å². The Bertz CT molecular complexity index is 918. The van der Waals surface area contributed by atoms with Crippen molar-refractivity contribution in [3.63, 3.8) is 0 Å². The number of ether oxygens (including phenoxy) is 1. The summed E-state index contributed by atoms with van der Waals surface area (Å²) >= 11 is 3.43. The average Bonchev–Trinajstić information content (AvgIpc) is 2.58. The van der Waals surface area contributed by atoms with Crippen LogP contribution in [0.2, 0.25) is 0 Å². The summed E-state index contributed by atoms with van der Waals surface area (Å²) in [5.41, 5.74) is 2.36. The number of rotatable bonds is 6. The van der Waals surface area contributed by atoms with Gasteiger partial charge < -0.3 is 10.1 Å². The zero-order valence-corrected chi connectivity index (χ0v) is 18.3. The summed E-state index contributed by atoms with van der Waals surface area (Å²) in [6, 6.07) is 9.88. The van der Waals surface area contributed by atoms with E-state index in [1.165, 1.54) is 26.2 Å². The molecule has 8 heteroatoms. The summed E-state index contributed by atoms with van der Waals surface area (Å²) in [5.74, 6) is 0.355. The van der Waals surface area contributed by atoms with Gasteiger partial charge in [-0.3, -0.25) is 4.79 Å². The molecule has 2 aromatic carbocycles. The van der Waals surface area contributed by atoms with Crippen molar-refractivity contribution in [2.24, 2.45) is 0 Å². The number of carbonyl (C=O) groups excluding carboxylic acids is 1. The van der Waals surface area contributed by atoms with Crippen LogP contribution >= 0.6 is 15.9 Å². The van der Waals surface area contributed by atoms with Crippen LogP contribution in [0, 0.1) is 13.8 Å². The highest BCUT2D eigenvalue weighted by Crippen LogP contribution is 2.28.